The van der Waals surface area contributed by atoms with Gasteiger partial charge in [-0.2, -0.15) is 0 Å². The molecule has 0 bridgehead atoms. The minimum absolute atomic E-state index is 0.00718. The summed E-state index contributed by atoms with van der Waals surface area (Å²) in [5.41, 5.74) is 0.0671. The number of carbonyl (C=O) groups is 1. The zero-order valence-corrected chi connectivity index (χ0v) is 18.9. The lowest BCUT2D eigenvalue weighted by molar-refractivity contribution is 0.0724. The van der Waals surface area contributed by atoms with Crippen LogP contribution in [0.2, 0.25) is 5.02 Å². The SMILES string of the molecule is COc1cccc(OC)c1OC(=O)c1cc(S(=O)(=O)N(C)c2ccc(F)cc2)ccc1Cl. The van der Waals surface area contributed by atoms with Crippen LogP contribution in [0.4, 0.5) is 10.1 Å². The Morgan fingerprint density at radius 1 is 0.969 bits per heavy atom. The topological polar surface area (TPSA) is 82.1 Å². The molecule has 0 aromatic heterocycles. The Labute approximate surface area is 189 Å². The molecule has 0 spiro atoms. The van der Waals surface area contributed by atoms with Crippen LogP contribution in [0, 0.1) is 5.82 Å². The number of anilines is 1. The number of rotatable bonds is 7. The minimum atomic E-state index is -4.08. The summed E-state index contributed by atoms with van der Waals surface area (Å²) in [6, 6.07) is 13.4. The first-order valence-electron chi connectivity index (χ1n) is 9.16. The molecule has 10 heteroatoms. The van der Waals surface area contributed by atoms with Gasteiger partial charge in [-0.1, -0.05) is 17.7 Å². The zero-order chi connectivity index (χ0) is 23.5. The molecule has 0 atom stereocenters. The molecular weight excluding hydrogens is 461 g/mol. The smallest absolute Gasteiger partial charge is 0.345 e. The van der Waals surface area contributed by atoms with Gasteiger partial charge < -0.3 is 14.2 Å². The summed E-state index contributed by atoms with van der Waals surface area (Å²) in [5.74, 6) is -0.889. The highest BCUT2D eigenvalue weighted by Crippen LogP contribution is 2.38. The van der Waals surface area contributed by atoms with Crippen LogP contribution in [-0.4, -0.2) is 35.7 Å². The first kappa shape index (κ1) is 23.4. The Balaban J connectivity index is 1.97. The van der Waals surface area contributed by atoms with Crippen molar-refractivity contribution in [2.24, 2.45) is 0 Å². The molecule has 168 valence electrons. The highest BCUT2D eigenvalue weighted by Gasteiger charge is 2.25. The number of esters is 1. The molecule has 0 saturated heterocycles. The van der Waals surface area contributed by atoms with Crippen LogP contribution >= 0.6 is 11.6 Å². The fourth-order valence-electron chi connectivity index (χ4n) is 2.83. The predicted octanol–water partition coefficient (Wildman–Crippen LogP) is 4.54. The molecule has 3 aromatic rings. The number of benzene rings is 3. The van der Waals surface area contributed by atoms with Crippen molar-refractivity contribution in [3.05, 3.63) is 77.1 Å². The molecule has 0 saturated carbocycles. The normalized spacial score (nSPS) is 11.0. The maximum absolute atomic E-state index is 13.2. The van der Waals surface area contributed by atoms with E-state index in [1.807, 2.05) is 0 Å². The average Bonchev–Trinajstić information content (AvgIpc) is 2.79. The van der Waals surface area contributed by atoms with Gasteiger partial charge in [0.25, 0.3) is 10.0 Å². The van der Waals surface area contributed by atoms with Gasteiger partial charge in [0.2, 0.25) is 5.75 Å². The summed E-state index contributed by atoms with van der Waals surface area (Å²) >= 11 is 6.16. The Morgan fingerprint density at radius 2 is 1.56 bits per heavy atom. The molecule has 3 rings (SSSR count). The van der Waals surface area contributed by atoms with Gasteiger partial charge in [-0.05, 0) is 54.6 Å². The maximum Gasteiger partial charge on any atom is 0.345 e. The summed E-state index contributed by atoms with van der Waals surface area (Å²) < 4.78 is 56.1. The fourth-order valence-corrected chi connectivity index (χ4v) is 4.25. The van der Waals surface area contributed by atoms with E-state index in [4.69, 9.17) is 25.8 Å². The van der Waals surface area contributed by atoms with Gasteiger partial charge in [0, 0.05) is 7.05 Å². The first-order valence-corrected chi connectivity index (χ1v) is 11.0. The molecule has 0 radical (unpaired) electrons. The van der Waals surface area contributed by atoms with Gasteiger partial charge in [0.1, 0.15) is 5.82 Å². The van der Waals surface area contributed by atoms with Gasteiger partial charge >= 0.3 is 5.97 Å². The van der Waals surface area contributed by atoms with Crippen molar-refractivity contribution in [1.82, 2.24) is 0 Å². The van der Waals surface area contributed by atoms with Crippen LogP contribution in [0.1, 0.15) is 10.4 Å². The van der Waals surface area contributed by atoms with Crippen LogP contribution in [0.5, 0.6) is 17.2 Å². The second kappa shape index (κ2) is 9.46. The molecule has 32 heavy (non-hydrogen) atoms. The number of sulfonamides is 1. The maximum atomic E-state index is 13.2. The lowest BCUT2D eigenvalue weighted by Gasteiger charge is -2.20. The van der Waals surface area contributed by atoms with Crippen LogP contribution < -0.4 is 18.5 Å². The van der Waals surface area contributed by atoms with E-state index < -0.39 is 21.8 Å². The second-order valence-corrected chi connectivity index (χ2v) is 8.85. The molecule has 0 aliphatic heterocycles. The van der Waals surface area contributed by atoms with Crippen molar-refractivity contribution in [2.45, 2.75) is 4.90 Å². The Morgan fingerprint density at radius 3 is 2.12 bits per heavy atom. The number of ether oxygens (including phenoxy) is 3. The number of hydrogen-bond donors (Lipinski definition) is 0. The third-order valence-corrected chi connectivity index (χ3v) is 6.69. The molecular formula is C22H19ClFNO6S. The van der Waals surface area contributed by atoms with Gasteiger partial charge in [-0.25, -0.2) is 17.6 Å². The number of carbonyl (C=O) groups excluding carboxylic acids is 1. The van der Waals surface area contributed by atoms with Crippen molar-refractivity contribution < 1.29 is 31.8 Å². The third kappa shape index (κ3) is 4.63. The van der Waals surface area contributed by atoms with Crippen LogP contribution in [0.25, 0.3) is 0 Å². The minimum Gasteiger partial charge on any atom is -0.493 e. The van der Waals surface area contributed by atoms with E-state index in [1.54, 1.807) is 18.2 Å². The summed E-state index contributed by atoms with van der Waals surface area (Å²) in [7, 11) is 0.0340. The van der Waals surface area contributed by atoms with E-state index in [2.05, 4.69) is 0 Å². The number of hydrogen-bond acceptors (Lipinski definition) is 6. The standard InChI is InChI=1S/C22H19ClFNO6S/c1-25(15-9-7-14(24)8-10-15)32(27,28)16-11-12-18(23)17(13-16)22(26)31-21-19(29-2)5-4-6-20(21)30-3/h4-13H,1-3H3. The summed E-state index contributed by atoms with van der Waals surface area (Å²) in [6.45, 7) is 0. The lowest BCUT2D eigenvalue weighted by Crippen LogP contribution is -2.27. The van der Waals surface area contributed by atoms with Crippen molar-refractivity contribution >= 4 is 33.3 Å². The van der Waals surface area contributed by atoms with E-state index in [0.29, 0.717) is 0 Å². The van der Waals surface area contributed by atoms with E-state index >= 15 is 0 Å². The predicted molar refractivity (Wildman–Crippen MR) is 118 cm³/mol. The van der Waals surface area contributed by atoms with Gasteiger partial charge in [-0.15, -0.1) is 0 Å². The van der Waals surface area contributed by atoms with Crippen LogP contribution in [0.15, 0.2) is 65.6 Å². The molecule has 0 amide bonds. The summed E-state index contributed by atoms with van der Waals surface area (Å²) in [4.78, 5) is 12.7. The highest BCUT2D eigenvalue weighted by molar-refractivity contribution is 7.92. The Hall–Kier alpha value is -3.30. The number of halogens is 2. The number of para-hydroxylation sites is 1. The molecule has 0 N–H and O–H groups in total. The number of nitrogens with zero attached hydrogens (tertiary/aromatic N) is 1. The molecule has 3 aromatic carbocycles. The second-order valence-electron chi connectivity index (χ2n) is 6.47. The van der Waals surface area contributed by atoms with E-state index in [0.717, 1.165) is 22.5 Å². The quantitative estimate of drug-likeness (QED) is 0.365. The molecule has 0 fully saturated rings. The van der Waals surface area contributed by atoms with Gasteiger partial charge in [0.05, 0.1) is 35.4 Å². The summed E-state index contributed by atoms with van der Waals surface area (Å²) in [6.07, 6.45) is 0. The first-order chi connectivity index (χ1) is 15.2. The average molecular weight is 480 g/mol. The lowest BCUT2D eigenvalue weighted by atomic mass is 10.2. The summed E-state index contributed by atoms with van der Waals surface area (Å²) in [5, 5.41) is -0.00718. The fraction of sp³-hybridized carbons (Fsp3) is 0.136. The van der Waals surface area contributed by atoms with E-state index in [9.17, 15) is 17.6 Å². The Bertz CT molecular complexity index is 1230. The van der Waals surface area contributed by atoms with Crippen molar-refractivity contribution in [1.29, 1.82) is 0 Å². The van der Waals surface area contributed by atoms with E-state index in [1.165, 1.54) is 45.5 Å². The molecule has 0 aliphatic rings. The van der Waals surface area contributed by atoms with Gasteiger partial charge in [0.15, 0.2) is 11.5 Å². The molecule has 0 unspecified atom stereocenters. The zero-order valence-electron chi connectivity index (χ0n) is 17.3. The third-order valence-electron chi connectivity index (χ3n) is 4.58. The van der Waals surface area contributed by atoms with Crippen LogP contribution in [-0.2, 0) is 10.0 Å². The van der Waals surface area contributed by atoms with Gasteiger partial charge in [-0.3, -0.25) is 4.31 Å². The Kier molecular flexibility index (Phi) is 6.90. The molecule has 0 heterocycles. The highest BCUT2D eigenvalue weighted by atomic mass is 35.5. The largest absolute Gasteiger partial charge is 0.493 e. The molecule has 0 aliphatic carbocycles. The molecule has 7 nitrogen and oxygen atoms in total. The number of methoxy groups -OCH3 is 2. The van der Waals surface area contributed by atoms with Crippen LogP contribution in [0.3, 0.4) is 0 Å². The van der Waals surface area contributed by atoms with Crippen molar-refractivity contribution in [3.8, 4) is 17.2 Å². The monoisotopic (exact) mass is 479 g/mol. The van der Waals surface area contributed by atoms with Crippen molar-refractivity contribution in [3.63, 3.8) is 0 Å². The van der Waals surface area contributed by atoms with E-state index in [-0.39, 0.29) is 38.4 Å². The van der Waals surface area contributed by atoms with Crippen molar-refractivity contribution in [2.75, 3.05) is 25.6 Å².